The van der Waals surface area contributed by atoms with Crippen LogP contribution in [0, 0.1) is 0 Å². The molecule has 0 saturated carbocycles. The molecular weight excluding hydrogens is 348 g/mol. The van der Waals surface area contributed by atoms with Gasteiger partial charge in [0.25, 0.3) is 0 Å². The zero-order valence-corrected chi connectivity index (χ0v) is 15.8. The number of carbonyl (C=O) groups excluding carboxylic acids is 1. The van der Waals surface area contributed by atoms with Crippen molar-refractivity contribution in [1.29, 1.82) is 0 Å². The molecule has 142 valence electrons. The molecule has 0 unspecified atom stereocenters. The highest BCUT2D eigenvalue weighted by Crippen LogP contribution is 2.19. The van der Waals surface area contributed by atoms with Crippen LogP contribution in [0.15, 0.2) is 39.4 Å². The summed E-state index contributed by atoms with van der Waals surface area (Å²) in [6.45, 7) is 5.21. The third-order valence-electron chi connectivity index (χ3n) is 4.03. The second-order valence-corrected chi connectivity index (χ2v) is 6.63. The number of ether oxygens (including phenoxy) is 1. The molecule has 0 aliphatic carbocycles. The summed E-state index contributed by atoms with van der Waals surface area (Å²) in [5.41, 5.74) is 2.17. The molecule has 0 radical (unpaired) electrons. The lowest BCUT2D eigenvalue weighted by Crippen LogP contribution is -2.17. The fourth-order valence-corrected chi connectivity index (χ4v) is 2.54. The number of hydrogen-bond acceptors (Lipinski definition) is 8. The Morgan fingerprint density at radius 2 is 1.89 bits per heavy atom. The van der Waals surface area contributed by atoms with Crippen LogP contribution in [-0.2, 0) is 17.8 Å². The van der Waals surface area contributed by atoms with Crippen molar-refractivity contribution >= 4 is 5.97 Å². The zero-order valence-electron chi connectivity index (χ0n) is 15.8. The molecule has 3 rings (SSSR count). The fraction of sp³-hybridized carbons (Fsp3) is 0.368. The molecule has 0 aliphatic rings. The number of benzene rings is 1. The first kappa shape index (κ1) is 18.8. The molecule has 0 amide bonds. The van der Waals surface area contributed by atoms with Crippen LogP contribution in [0.4, 0.5) is 0 Å². The van der Waals surface area contributed by atoms with Gasteiger partial charge in [0.05, 0.1) is 31.5 Å². The van der Waals surface area contributed by atoms with Crippen molar-refractivity contribution in [2.24, 2.45) is 0 Å². The first-order chi connectivity index (χ1) is 13.0. The lowest BCUT2D eigenvalue weighted by atomic mass is 10.1. The lowest BCUT2D eigenvalue weighted by Gasteiger charge is -2.10. The summed E-state index contributed by atoms with van der Waals surface area (Å²) in [4.78, 5) is 17.9. The number of esters is 1. The normalized spacial score (nSPS) is 11.3. The Balaban J connectivity index is 1.62. The van der Waals surface area contributed by atoms with E-state index in [0.29, 0.717) is 36.3 Å². The Morgan fingerprint density at radius 3 is 2.52 bits per heavy atom. The maximum Gasteiger partial charge on any atom is 0.337 e. The second-order valence-electron chi connectivity index (χ2n) is 6.63. The van der Waals surface area contributed by atoms with Gasteiger partial charge in [0, 0.05) is 11.6 Å². The van der Waals surface area contributed by atoms with Crippen LogP contribution < -0.4 is 0 Å². The molecule has 8 heteroatoms. The van der Waals surface area contributed by atoms with Crippen LogP contribution in [0.5, 0.6) is 0 Å². The predicted molar refractivity (Wildman–Crippen MR) is 96.8 cm³/mol. The van der Waals surface area contributed by atoms with Gasteiger partial charge in [0.1, 0.15) is 0 Å². The molecule has 8 nitrogen and oxygen atoms in total. The van der Waals surface area contributed by atoms with Crippen molar-refractivity contribution in [2.75, 3.05) is 14.2 Å². The van der Waals surface area contributed by atoms with E-state index < -0.39 is 0 Å². The third kappa shape index (κ3) is 4.59. The van der Waals surface area contributed by atoms with E-state index in [9.17, 15) is 4.79 Å². The highest BCUT2D eigenvalue weighted by molar-refractivity contribution is 5.89. The minimum Gasteiger partial charge on any atom is -0.465 e. The molecule has 0 saturated heterocycles. The average Bonchev–Trinajstić information content (AvgIpc) is 3.31. The van der Waals surface area contributed by atoms with Crippen molar-refractivity contribution in [1.82, 2.24) is 20.2 Å². The van der Waals surface area contributed by atoms with Gasteiger partial charge in [-0.1, -0.05) is 36.3 Å². The summed E-state index contributed by atoms with van der Waals surface area (Å²) in [5, 5.41) is 8.06. The number of aromatic nitrogens is 3. The van der Waals surface area contributed by atoms with Crippen LogP contribution in [-0.4, -0.2) is 40.3 Å². The van der Waals surface area contributed by atoms with Crippen LogP contribution in [0.3, 0.4) is 0 Å². The Bertz CT molecular complexity index is 899. The van der Waals surface area contributed by atoms with Crippen LogP contribution in [0.2, 0.25) is 0 Å². The lowest BCUT2D eigenvalue weighted by molar-refractivity contribution is 0.0600. The van der Waals surface area contributed by atoms with Gasteiger partial charge >= 0.3 is 5.97 Å². The molecule has 1 aromatic carbocycles. The molecule has 0 spiro atoms. The molecule has 2 aromatic heterocycles. The molecule has 0 fully saturated rings. The molecule has 0 bridgehead atoms. The van der Waals surface area contributed by atoms with Gasteiger partial charge in [-0.3, -0.25) is 4.90 Å². The molecule has 0 aliphatic heterocycles. The van der Waals surface area contributed by atoms with E-state index in [0.717, 1.165) is 17.0 Å². The Labute approximate surface area is 157 Å². The zero-order chi connectivity index (χ0) is 19.4. The quantitative estimate of drug-likeness (QED) is 0.585. The molecule has 0 N–H and O–H groups in total. The summed E-state index contributed by atoms with van der Waals surface area (Å²) < 4.78 is 15.4. The monoisotopic (exact) mass is 370 g/mol. The maximum atomic E-state index is 11.5. The molecule has 3 aromatic rings. The van der Waals surface area contributed by atoms with Gasteiger partial charge in [0.2, 0.25) is 11.7 Å². The van der Waals surface area contributed by atoms with Crippen molar-refractivity contribution in [3.8, 4) is 11.4 Å². The fourth-order valence-electron chi connectivity index (χ4n) is 2.54. The largest absolute Gasteiger partial charge is 0.465 e. The highest BCUT2D eigenvalue weighted by Gasteiger charge is 2.14. The first-order valence-electron chi connectivity index (χ1n) is 8.61. The molecule has 0 atom stereocenters. The van der Waals surface area contributed by atoms with Gasteiger partial charge in [-0.25, -0.2) is 4.79 Å². The number of methoxy groups -OCH3 is 1. The summed E-state index contributed by atoms with van der Waals surface area (Å²) in [5.74, 6) is 1.70. The van der Waals surface area contributed by atoms with Gasteiger partial charge in [-0.05, 0) is 25.1 Å². The SMILES string of the molecule is COC(=O)c1ccc(-c2noc(CN(C)Cc3cc(C(C)C)no3)n2)cc1. The number of hydrogen-bond donors (Lipinski definition) is 0. The van der Waals surface area contributed by atoms with E-state index in [1.165, 1.54) is 7.11 Å². The first-order valence-corrected chi connectivity index (χ1v) is 8.61. The Hall–Kier alpha value is -3.00. The summed E-state index contributed by atoms with van der Waals surface area (Å²) in [6.07, 6.45) is 0. The van der Waals surface area contributed by atoms with Crippen molar-refractivity contribution < 1.29 is 18.6 Å². The highest BCUT2D eigenvalue weighted by atomic mass is 16.5. The minimum absolute atomic E-state index is 0.330. The van der Waals surface area contributed by atoms with Gasteiger partial charge in [-0.2, -0.15) is 4.98 Å². The van der Waals surface area contributed by atoms with E-state index >= 15 is 0 Å². The molecule has 2 heterocycles. The van der Waals surface area contributed by atoms with E-state index in [1.54, 1.807) is 24.3 Å². The van der Waals surface area contributed by atoms with Gasteiger partial charge in [0.15, 0.2) is 5.76 Å². The number of carbonyl (C=O) groups is 1. The Morgan fingerprint density at radius 1 is 1.15 bits per heavy atom. The van der Waals surface area contributed by atoms with Crippen LogP contribution >= 0.6 is 0 Å². The summed E-state index contributed by atoms with van der Waals surface area (Å²) >= 11 is 0. The minimum atomic E-state index is -0.384. The number of nitrogens with zero attached hydrogens (tertiary/aromatic N) is 4. The van der Waals surface area contributed by atoms with E-state index in [-0.39, 0.29) is 5.97 Å². The topological polar surface area (TPSA) is 94.5 Å². The summed E-state index contributed by atoms with van der Waals surface area (Å²) in [7, 11) is 3.28. The van der Waals surface area contributed by atoms with Crippen molar-refractivity contribution in [2.45, 2.75) is 32.9 Å². The van der Waals surface area contributed by atoms with E-state index in [1.807, 2.05) is 18.0 Å². The summed E-state index contributed by atoms with van der Waals surface area (Å²) in [6, 6.07) is 8.81. The predicted octanol–water partition coefficient (Wildman–Crippen LogP) is 3.27. The van der Waals surface area contributed by atoms with Gasteiger partial charge < -0.3 is 13.8 Å². The third-order valence-corrected chi connectivity index (χ3v) is 4.03. The van der Waals surface area contributed by atoms with Crippen molar-refractivity contribution in [3.05, 3.63) is 53.2 Å². The standard InChI is InChI=1S/C19H22N4O4/c1-12(2)16-9-15(26-21-16)10-23(3)11-17-20-18(22-27-17)13-5-7-14(8-6-13)19(24)25-4/h5-9,12H,10-11H2,1-4H3. The van der Waals surface area contributed by atoms with E-state index in [2.05, 4.69) is 33.9 Å². The second kappa shape index (κ2) is 8.13. The molecular formula is C19H22N4O4. The Kier molecular flexibility index (Phi) is 5.66. The van der Waals surface area contributed by atoms with E-state index in [4.69, 9.17) is 9.05 Å². The van der Waals surface area contributed by atoms with Crippen molar-refractivity contribution in [3.63, 3.8) is 0 Å². The van der Waals surface area contributed by atoms with Crippen LogP contribution in [0.25, 0.3) is 11.4 Å². The number of rotatable bonds is 7. The smallest absolute Gasteiger partial charge is 0.337 e. The van der Waals surface area contributed by atoms with Crippen LogP contribution in [0.1, 0.15) is 47.5 Å². The average molecular weight is 370 g/mol. The van der Waals surface area contributed by atoms with Gasteiger partial charge in [-0.15, -0.1) is 0 Å². The molecule has 27 heavy (non-hydrogen) atoms. The maximum absolute atomic E-state index is 11.5.